The van der Waals surface area contributed by atoms with Crippen LogP contribution in [0.25, 0.3) is 0 Å². The molecule has 3 rings (SSSR count). The fourth-order valence-corrected chi connectivity index (χ4v) is 2.72. The molecular formula is C15H20N4. The van der Waals surface area contributed by atoms with Crippen LogP contribution in [0.15, 0.2) is 36.8 Å². The molecule has 0 bridgehead atoms. The third-order valence-electron chi connectivity index (χ3n) is 3.75. The minimum Gasteiger partial charge on any atom is -0.382 e. The van der Waals surface area contributed by atoms with E-state index in [2.05, 4.69) is 38.7 Å². The van der Waals surface area contributed by atoms with Crippen molar-refractivity contribution in [1.82, 2.24) is 14.5 Å². The van der Waals surface area contributed by atoms with Crippen LogP contribution in [0.5, 0.6) is 0 Å². The zero-order chi connectivity index (χ0) is 13.1. The number of fused-ring (bicyclic) bond motifs is 1. The van der Waals surface area contributed by atoms with Crippen molar-refractivity contribution in [2.24, 2.45) is 0 Å². The van der Waals surface area contributed by atoms with E-state index in [1.54, 1.807) is 6.33 Å². The molecule has 100 valence electrons. The van der Waals surface area contributed by atoms with Gasteiger partial charge in [0, 0.05) is 32.4 Å². The Bertz CT molecular complexity index is 547. The summed E-state index contributed by atoms with van der Waals surface area (Å²) in [5.41, 5.74) is 8.61. The van der Waals surface area contributed by atoms with E-state index in [1.807, 2.05) is 6.20 Å². The first kappa shape index (κ1) is 12.2. The highest BCUT2D eigenvalue weighted by molar-refractivity contribution is 5.29. The molecule has 0 unspecified atom stereocenters. The summed E-state index contributed by atoms with van der Waals surface area (Å²) in [6.07, 6.45) is 6.01. The standard InChI is InChI=1S/C15H20N4/c16-15-11-19(12-17-15)8-3-7-18-9-6-13-4-1-2-5-14(13)10-18/h1-2,4-5,11-12H,3,6-10,16H2. The lowest BCUT2D eigenvalue weighted by molar-refractivity contribution is 0.246. The first-order valence-corrected chi connectivity index (χ1v) is 6.87. The predicted octanol–water partition coefficient (Wildman–Crippen LogP) is 1.91. The van der Waals surface area contributed by atoms with Crippen molar-refractivity contribution in [3.8, 4) is 0 Å². The number of aryl methyl sites for hydroxylation is 1. The van der Waals surface area contributed by atoms with Crippen molar-refractivity contribution in [2.45, 2.75) is 25.9 Å². The molecule has 19 heavy (non-hydrogen) atoms. The molecule has 1 aromatic carbocycles. The maximum Gasteiger partial charge on any atom is 0.141 e. The van der Waals surface area contributed by atoms with Gasteiger partial charge in [0.1, 0.15) is 5.82 Å². The second-order valence-corrected chi connectivity index (χ2v) is 5.18. The van der Waals surface area contributed by atoms with E-state index in [1.165, 1.54) is 24.1 Å². The summed E-state index contributed by atoms with van der Waals surface area (Å²) in [4.78, 5) is 6.57. The zero-order valence-electron chi connectivity index (χ0n) is 11.1. The molecule has 0 saturated carbocycles. The zero-order valence-corrected chi connectivity index (χ0v) is 11.1. The highest BCUT2D eigenvalue weighted by Crippen LogP contribution is 2.18. The Balaban J connectivity index is 1.50. The monoisotopic (exact) mass is 256 g/mol. The van der Waals surface area contributed by atoms with Gasteiger partial charge in [0.25, 0.3) is 0 Å². The molecule has 1 aliphatic heterocycles. The van der Waals surface area contributed by atoms with Crippen molar-refractivity contribution in [1.29, 1.82) is 0 Å². The number of imidazole rings is 1. The van der Waals surface area contributed by atoms with Gasteiger partial charge in [0.15, 0.2) is 0 Å². The largest absolute Gasteiger partial charge is 0.382 e. The lowest BCUT2D eigenvalue weighted by atomic mass is 10.00. The summed E-state index contributed by atoms with van der Waals surface area (Å²) in [5, 5.41) is 0. The Hall–Kier alpha value is -1.81. The van der Waals surface area contributed by atoms with Gasteiger partial charge < -0.3 is 10.3 Å². The number of hydrogen-bond acceptors (Lipinski definition) is 3. The number of hydrogen-bond donors (Lipinski definition) is 1. The van der Waals surface area contributed by atoms with Crippen LogP contribution < -0.4 is 5.73 Å². The predicted molar refractivity (Wildman–Crippen MR) is 76.7 cm³/mol. The van der Waals surface area contributed by atoms with E-state index in [0.717, 1.165) is 26.1 Å². The second-order valence-electron chi connectivity index (χ2n) is 5.18. The third kappa shape index (κ3) is 2.96. The van der Waals surface area contributed by atoms with Crippen LogP contribution in [0, 0.1) is 0 Å². The van der Waals surface area contributed by atoms with Crippen LogP contribution in [-0.4, -0.2) is 27.5 Å². The van der Waals surface area contributed by atoms with Gasteiger partial charge in [0.2, 0.25) is 0 Å². The van der Waals surface area contributed by atoms with E-state index in [0.29, 0.717) is 5.82 Å². The summed E-state index contributed by atoms with van der Waals surface area (Å²) in [6.45, 7) is 4.38. The molecule has 2 heterocycles. The first-order chi connectivity index (χ1) is 9.31. The van der Waals surface area contributed by atoms with Crippen LogP contribution in [-0.2, 0) is 19.5 Å². The Morgan fingerprint density at radius 2 is 2.00 bits per heavy atom. The van der Waals surface area contributed by atoms with Gasteiger partial charge in [-0.1, -0.05) is 24.3 Å². The lowest BCUT2D eigenvalue weighted by Gasteiger charge is -2.28. The molecule has 1 aromatic heterocycles. The molecule has 0 amide bonds. The number of nitrogens with zero attached hydrogens (tertiary/aromatic N) is 3. The number of anilines is 1. The number of aromatic nitrogens is 2. The molecule has 4 heteroatoms. The molecule has 0 radical (unpaired) electrons. The number of nitrogens with two attached hydrogens (primary N) is 1. The van der Waals surface area contributed by atoms with E-state index in [9.17, 15) is 0 Å². The molecule has 2 N–H and O–H groups in total. The fourth-order valence-electron chi connectivity index (χ4n) is 2.72. The maximum atomic E-state index is 5.60. The molecule has 2 aromatic rings. The van der Waals surface area contributed by atoms with Crippen LogP contribution in [0.1, 0.15) is 17.5 Å². The van der Waals surface area contributed by atoms with Crippen LogP contribution in [0.2, 0.25) is 0 Å². The Labute approximate surface area is 113 Å². The van der Waals surface area contributed by atoms with Crippen molar-refractivity contribution in [2.75, 3.05) is 18.8 Å². The lowest BCUT2D eigenvalue weighted by Crippen LogP contribution is -2.31. The van der Waals surface area contributed by atoms with E-state index < -0.39 is 0 Å². The quantitative estimate of drug-likeness (QED) is 0.909. The molecule has 1 aliphatic rings. The van der Waals surface area contributed by atoms with E-state index >= 15 is 0 Å². The average molecular weight is 256 g/mol. The first-order valence-electron chi connectivity index (χ1n) is 6.87. The fraction of sp³-hybridized carbons (Fsp3) is 0.400. The van der Waals surface area contributed by atoms with Gasteiger partial charge in [-0.05, 0) is 24.0 Å². The van der Waals surface area contributed by atoms with Crippen LogP contribution in [0.4, 0.5) is 5.82 Å². The minimum atomic E-state index is 0.604. The Morgan fingerprint density at radius 1 is 1.16 bits per heavy atom. The van der Waals surface area contributed by atoms with Crippen LogP contribution >= 0.6 is 0 Å². The highest BCUT2D eigenvalue weighted by Gasteiger charge is 2.14. The summed E-state index contributed by atoms with van der Waals surface area (Å²) in [6, 6.07) is 8.77. The smallest absolute Gasteiger partial charge is 0.141 e. The SMILES string of the molecule is Nc1cn(CCCN2CCc3ccccc3C2)cn1. The second kappa shape index (κ2) is 5.45. The van der Waals surface area contributed by atoms with E-state index in [4.69, 9.17) is 5.73 Å². The molecule has 4 nitrogen and oxygen atoms in total. The van der Waals surface area contributed by atoms with Crippen molar-refractivity contribution in [3.05, 3.63) is 47.9 Å². The number of benzene rings is 1. The van der Waals surface area contributed by atoms with Gasteiger partial charge >= 0.3 is 0 Å². The van der Waals surface area contributed by atoms with Gasteiger partial charge in [-0.2, -0.15) is 0 Å². The maximum absolute atomic E-state index is 5.60. The summed E-state index contributed by atoms with van der Waals surface area (Å²) in [5.74, 6) is 0.604. The van der Waals surface area contributed by atoms with Gasteiger partial charge in [0.05, 0.1) is 6.33 Å². The molecule has 0 spiro atoms. The Morgan fingerprint density at radius 3 is 2.79 bits per heavy atom. The van der Waals surface area contributed by atoms with Crippen LogP contribution in [0.3, 0.4) is 0 Å². The molecule has 0 saturated heterocycles. The normalized spacial score (nSPS) is 15.4. The molecule has 0 aliphatic carbocycles. The summed E-state index contributed by atoms with van der Waals surface area (Å²) >= 11 is 0. The molecule has 0 fully saturated rings. The van der Waals surface area contributed by atoms with E-state index in [-0.39, 0.29) is 0 Å². The molecular weight excluding hydrogens is 236 g/mol. The van der Waals surface area contributed by atoms with Gasteiger partial charge in [-0.15, -0.1) is 0 Å². The average Bonchev–Trinajstić information content (AvgIpc) is 2.84. The summed E-state index contributed by atoms with van der Waals surface area (Å²) in [7, 11) is 0. The summed E-state index contributed by atoms with van der Waals surface area (Å²) < 4.78 is 2.06. The number of nitrogen functional groups attached to an aromatic ring is 1. The van der Waals surface area contributed by atoms with Crippen molar-refractivity contribution >= 4 is 5.82 Å². The van der Waals surface area contributed by atoms with Crippen molar-refractivity contribution in [3.63, 3.8) is 0 Å². The third-order valence-corrected chi connectivity index (χ3v) is 3.75. The number of rotatable bonds is 4. The van der Waals surface area contributed by atoms with Crippen molar-refractivity contribution < 1.29 is 0 Å². The molecule has 0 atom stereocenters. The topological polar surface area (TPSA) is 47.1 Å². The van der Waals surface area contributed by atoms with Gasteiger partial charge in [-0.3, -0.25) is 4.90 Å². The minimum absolute atomic E-state index is 0.604. The van der Waals surface area contributed by atoms with Gasteiger partial charge in [-0.25, -0.2) is 4.98 Å². The Kier molecular flexibility index (Phi) is 3.51. The highest BCUT2D eigenvalue weighted by atomic mass is 15.1.